The zero-order valence-corrected chi connectivity index (χ0v) is 10.3. The predicted octanol–water partition coefficient (Wildman–Crippen LogP) is 3.11. The van der Waals surface area contributed by atoms with Crippen molar-refractivity contribution in [3.8, 4) is 0 Å². The van der Waals surface area contributed by atoms with Crippen LogP contribution in [0.25, 0.3) is 0 Å². The molecule has 2 nitrogen and oxygen atoms in total. The van der Waals surface area contributed by atoms with Crippen molar-refractivity contribution in [2.75, 3.05) is 0 Å². The summed E-state index contributed by atoms with van der Waals surface area (Å²) in [6.45, 7) is 10.4. The molecule has 0 spiro atoms. The summed E-state index contributed by atoms with van der Waals surface area (Å²) in [7, 11) is 0. The Kier molecular flexibility index (Phi) is 5.06. The lowest BCUT2D eigenvalue weighted by Gasteiger charge is -2.18. The van der Waals surface area contributed by atoms with E-state index in [2.05, 4.69) is 20.8 Å². The van der Waals surface area contributed by atoms with Gasteiger partial charge in [0.25, 0.3) is 0 Å². The average molecular weight is 207 g/mol. The standard InChI is InChI=1S/C11H15NO.C2H6/c1-11(2,3)9-6-4-8(5-7-9)10(12)13;1-2/h4-7H,1-3H3,(H2,12,13);1-2H3. The van der Waals surface area contributed by atoms with Gasteiger partial charge < -0.3 is 5.73 Å². The molecule has 0 aliphatic heterocycles. The van der Waals surface area contributed by atoms with Crippen molar-refractivity contribution in [3.05, 3.63) is 35.4 Å². The molecule has 0 atom stereocenters. The fourth-order valence-corrected chi connectivity index (χ4v) is 1.13. The number of nitrogens with two attached hydrogens (primary N) is 1. The van der Waals surface area contributed by atoms with Gasteiger partial charge in [0.05, 0.1) is 0 Å². The third-order valence-electron chi connectivity index (χ3n) is 2.04. The van der Waals surface area contributed by atoms with Gasteiger partial charge in [-0.25, -0.2) is 0 Å². The van der Waals surface area contributed by atoms with Crippen LogP contribution in [-0.4, -0.2) is 5.91 Å². The molecule has 0 fully saturated rings. The maximum absolute atomic E-state index is 10.8. The van der Waals surface area contributed by atoms with E-state index in [1.165, 1.54) is 5.56 Å². The molecule has 1 aromatic carbocycles. The first-order valence-corrected chi connectivity index (χ1v) is 5.31. The highest BCUT2D eigenvalue weighted by Crippen LogP contribution is 2.21. The predicted molar refractivity (Wildman–Crippen MR) is 65.0 cm³/mol. The number of carbonyl (C=O) groups excluding carboxylic acids is 1. The van der Waals surface area contributed by atoms with Gasteiger partial charge in [-0.3, -0.25) is 4.79 Å². The average Bonchev–Trinajstić information content (AvgIpc) is 2.20. The molecule has 0 saturated carbocycles. The molecule has 0 heterocycles. The summed E-state index contributed by atoms with van der Waals surface area (Å²) in [5.74, 6) is -0.375. The van der Waals surface area contributed by atoms with Crippen molar-refractivity contribution < 1.29 is 4.79 Å². The second kappa shape index (κ2) is 5.54. The lowest BCUT2D eigenvalue weighted by Crippen LogP contribution is -2.13. The third-order valence-corrected chi connectivity index (χ3v) is 2.04. The summed E-state index contributed by atoms with van der Waals surface area (Å²) in [6.07, 6.45) is 0. The minimum atomic E-state index is -0.375. The molecule has 0 aliphatic carbocycles. The third kappa shape index (κ3) is 4.15. The Morgan fingerprint density at radius 2 is 1.47 bits per heavy atom. The van der Waals surface area contributed by atoms with Crippen molar-refractivity contribution in [2.45, 2.75) is 40.0 Å². The molecule has 1 amide bonds. The van der Waals surface area contributed by atoms with E-state index in [1.807, 2.05) is 26.0 Å². The Bertz CT molecular complexity index is 306. The summed E-state index contributed by atoms with van der Waals surface area (Å²) in [4.78, 5) is 10.8. The number of benzene rings is 1. The molecule has 84 valence electrons. The second-order valence-electron chi connectivity index (χ2n) is 4.19. The Balaban J connectivity index is 0.000000921. The first-order chi connectivity index (χ1) is 6.91. The van der Waals surface area contributed by atoms with Crippen molar-refractivity contribution in [1.82, 2.24) is 0 Å². The van der Waals surface area contributed by atoms with E-state index in [1.54, 1.807) is 12.1 Å². The Hall–Kier alpha value is -1.31. The SMILES string of the molecule is CC.CC(C)(C)c1ccc(C(N)=O)cc1. The summed E-state index contributed by atoms with van der Waals surface area (Å²) in [5, 5.41) is 0. The van der Waals surface area contributed by atoms with Crippen molar-refractivity contribution in [1.29, 1.82) is 0 Å². The van der Waals surface area contributed by atoms with Gasteiger partial charge in [0, 0.05) is 5.56 Å². The minimum Gasteiger partial charge on any atom is -0.366 e. The maximum Gasteiger partial charge on any atom is 0.248 e. The van der Waals surface area contributed by atoms with Crippen LogP contribution in [0.4, 0.5) is 0 Å². The monoisotopic (exact) mass is 207 g/mol. The smallest absolute Gasteiger partial charge is 0.248 e. The Morgan fingerprint density at radius 3 is 1.73 bits per heavy atom. The van der Waals surface area contributed by atoms with Crippen molar-refractivity contribution >= 4 is 5.91 Å². The molecule has 1 rings (SSSR count). The number of hydrogen-bond acceptors (Lipinski definition) is 1. The van der Waals surface area contributed by atoms with E-state index < -0.39 is 0 Å². The van der Waals surface area contributed by atoms with Crippen LogP contribution >= 0.6 is 0 Å². The molecule has 0 aliphatic rings. The largest absolute Gasteiger partial charge is 0.366 e. The van der Waals surface area contributed by atoms with Crippen LogP contribution in [0.15, 0.2) is 24.3 Å². The highest BCUT2D eigenvalue weighted by Gasteiger charge is 2.13. The zero-order chi connectivity index (χ0) is 12.1. The number of hydrogen-bond donors (Lipinski definition) is 1. The second-order valence-corrected chi connectivity index (χ2v) is 4.19. The van der Waals surface area contributed by atoms with Gasteiger partial charge in [0.2, 0.25) is 5.91 Å². The Morgan fingerprint density at radius 1 is 1.07 bits per heavy atom. The lowest BCUT2D eigenvalue weighted by atomic mass is 9.87. The molecule has 0 aromatic heterocycles. The van der Waals surface area contributed by atoms with Gasteiger partial charge >= 0.3 is 0 Å². The molecule has 2 heteroatoms. The summed E-state index contributed by atoms with van der Waals surface area (Å²) in [5.41, 5.74) is 7.02. The molecule has 0 saturated heterocycles. The summed E-state index contributed by atoms with van der Waals surface area (Å²) >= 11 is 0. The van der Waals surface area contributed by atoms with E-state index in [0.717, 1.165) is 0 Å². The Labute approximate surface area is 92.5 Å². The van der Waals surface area contributed by atoms with E-state index in [-0.39, 0.29) is 11.3 Å². The van der Waals surface area contributed by atoms with E-state index in [9.17, 15) is 4.79 Å². The molecule has 1 aromatic rings. The molecule has 15 heavy (non-hydrogen) atoms. The molecule has 0 unspecified atom stereocenters. The van der Waals surface area contributed by atoms with Crippen LogP contribution in [0.5, 0.6) is 0 Å². The van der Waals surface area contributed by atoms with E-state index in [4.69, 9.17) is 5.73 Å². The first kappa shape index (κ1) is 13.7. The van der Waals surface area contributed by atoms with E-state index in [0.29, 0.717) is 5.56 Å². The summed E-state index contributed by atoms with van der Waals surface area (Å²) < 4.78 is 0. The van der Waals surface area contributed by atoms with Crippen LogP contribution in [0.2, 0.25) is 0 Å². The number of primary amides is 1. The van der Waals surface area contributed by atoms with Gasteiger partial charge in [-0.2, -0.15) is 0 Å². The quantitative estimate of drug-likeness (QED) is 0.755. The topological polar surface area (TPSA) is 43.1 Å². The highest BCUT2D eigenvalue weighted by atomic mass is 16.1. The summed E-state index contributed by atoms with van der Waals surface area (Å²) in [6, 6.07) is 7.42. The van der Waals surface area contributed by atoms with Crippen LogP contribution in [0.3, 0.4) is 0 Å². The van der Waals surface area contributed by atoms with E-state index >= 15 is 0 Å². The highest BCUT2D eigenvalue weighted by molar-refractivity contribution is 5.92. The van der Waals surface area contributed by atoms with Crippen molar-refractivity contribution in [2.24, 2.45) is 5.73 Å². The van der Waals surface area contributed by atoms with Gasteiger partial charge in [0.15, 0.2) is 0 Å². The maximum atomic E-state index is 10.8. The van der Waals surface area contributed by atoms with Crippen molar-refractivity contribution in [3.63, 3.8) is 0 Å². The fourth-order valence-electron chi connectivity index (χ4n) is 1.13. The molecule has 0 bridgehead atoms. The van der Waals surface area contributed by atoms with Crippen LogP contribution in [-0.2, 0) is 5.41 Å². The molecular weight excluding hydrogens is 186 g/mol. The van der Waals surface area contributed by atoms with Crippen LogP contribution in [0.1, 0.15) is 50.5 Å². The van der Waals surface area contributed by atoms with Gasteiger partial charge in [-0.15, -0.1) is 0 Å². The van der Waals surface area contributed by atoms with Gasteiger partial charge in [-0.05, 0) is 23.1 Å². The van der Waals surface area contributed by atoms with Crippen LogP contribution in [0, 0.1) is 0 Å². The minimum absolute atomic E-state index is 0.121. The number of amides is 1. The lowest BCUT2D eigenvalue weighted by molar-refractivity contribution is 0.1000. The fraction of sp³-hybridized carbons (Fsp3) is 0.462. The number of rotatable bonds is 1. The zero-order valence-electron chi connectivity index (χ0n) is 10.3. The number of carbonyl (C=O) groups is 1. The first-order valence-electron chi connectivity index (χ1n) is 5.31. The molecule has 2 N–H and O–H groups in total. The van der Waals surface area contributed by atoms with Gasteiger partial charge in [0.1, 0.15) is 0 Å². The van der Waals surface area contributed by atoms with Crippen LogP contribution < -0.4 is 5.73 Å². The molecule has 0 radical (unpaired) electrons. The van der Waals surface area contributed by atoms with Gasteiger partial charge in [-0.1, -0.05) is 46.8 Å². The normalized spacial score (nSPS) is 10.2. The molecular formula is C13H21NO.